The van der Waals surface area contributed by atoms with Gasteiger partial charge in [0.25, 0.3) is 0 Å². The van der Waals surface area contributed by atoms with Gasteiger partial charge < -0.3 is 5.32 Å². The normalized spacial score (nSPS) is 12.2. The van der Waals surface area contributed by atoms with Gasteiger partial charge in [0, 0.05) is 11.0 Å². The SMILES string of the molecule is CCn1nnnc1S[C@@H](C)C(=O)Nc1ccc(Br)cc1F. The van der Waals surface area contributed by atoms with Crippen LogP contribution in [0.3, 0.4) is 0 Å². The van der Waals surface area contributed by atoms with Gasteiger partial charge >= 0.3 is 0 Å². The van der Waals surface area contributed by atoms with Gasteiger partial charge in [0.2, 0.25) is 11.1 Å². The highest BCUT2D eigenvalue weighted by Crippen LogP contribution is 2.23. The van der Waals surface area contributed by atoms with Crippen LogP contribution in [0.2, 0.25) is 0 Å². The quantitative estimate of drug-likeness (QED) is 0.815. The van der Waals surface area contributed by atoms with E-state index in [-0.39, 0.29) is 11.6 Å². The lowest BCUT2D eigenvalue weighted by molar-refractivity contribution is -0.115. The smallest absolute Gasteiger partial charge is 0.237 e. The van der Waals surface area contributed by atoms with E-state index in [2.05, 4.69) is 36.8 Å². The van der Waals surface area contributed by atoms with Crippen LogP contribution >= 0.6 is 27.7 Å². The van der Waals surface area contributed by atoms with Gasteiger partial charge in [0.1, 0.15) is 5.82 Å². The molecule has 0 aliphatic heterocycles. The van der Waals surface area contributed by atoms with E-state index >= 15 is 0 Å². The second-order valence-corrected chi connectivity index (χ2v) is 6.37. The maximum Gasteiger partial charge on any atom is 0.237 e. The molecule has 1 atom stereocenters. The number of carbonyl (C=O) groups excluding carboxylic acids is 1. The van der Waals surface area contributed by atoms with E-state index in [0.717, 1.165) is 0 Å². The zero-order valence-electron chi connectivity index (χ0n) is 11.4. The molecule has 0 unspecified atom stereocenters. The van der Waals surface area contributed by atoms with Crippen molar-refractivity contribution in [1.29, 1.82) is 0 Å². The monoisotopic (exact) mass is 373 g/mol. The summed E-state index contributed by atoms with van der Waals surface area (Å²) in [7, 11) is 0. The van der Waals surface area contributed by atoms with Crippen molar-refractivity contribution < 1.29 is 9.18 Å². The fourth-order valence-electron chi connectivity index (χ4n) is 1.52. The molecule has 0 saturated heterocycles. The Morgan fingerprint density at radius 3 is 3.00 bits per heavy atom. The number of hydrogen-bond acceptors (Lipinski definition) is 5. The van der Waals surface area contributed by atoms with Crippen molar-refractivity contribution in [3.63, 3.8) is 0 Å². The number of thioether (sulfide) groups is 1. The molecule has 2 aromatic rings. The Morgan fingerprint density at radius 2 is 2.33 bits per heavy atom. The zero-order chi connectivity index (χ0) is 15.4. The van der Waals surface area contributed by atoms with Crippen LogP contribution in [0.25, 0.3) is 0 Å². The van der Waals surface area contributed by atoms with Gasteiger partial charge in [0.15, 0.2) is 0 Å². The number of carbonyl (C=O) groups is 1. The zero-order valence-corrected chi connectivity index (χ0v) is 13.8. The molecule has 9 heteroatoms. The number of amides is 1. The van der Waals surface area contributed by atoms with Crippen molar-refractivity contribution in [2.75, 3.05) is 5.32 Å². The minimum atomic E-state index is -0.492. The second-order valence-electron chi connectivity index (χ2n) is 4.15. The number of hydrogen-bond donors (Lipinski definition) is 1. The van der Waals surface area contributed by atoms with E-state index in [4.69, 9.17) is 0 Å². The molecule has 6 nitrogen and oxygen atoms in total. The van der Waals surface area contributed by atoms with Crippen LogP contribution in [0, 0.1) is 5.82 Å². The molecule has 0 aliphatic rings. The molecule has 1 aromatic carbocycles. The Balaban J connectivity index is 2.02. The van der Waals surface area contributed by atoms with Crippen LogP contribution in [-0.4, -0.2) is 31.4 Å². The standard InChI is InChI=1S/C12H13BrFN5OS/c1-3-19-12(16-17-18-19)21-7(2)11(20)15-10-5-4-8(13)6-9(10)14/h4-7H,3H2,1-2H3,(H,15,20)/t7-/m0/s1. The highest BCUT2D eigenvalue weighted by molar-refractivity contribution is 9.10. The molecule has 21 heavy (non-hydrogen) atoms. The van der Waals surface area contributed by atoms with Crippen molar-refractivity contribution in [2.45, 2.75) is 30.8 Å². The lowest BCUT2D eigenvalue weighted by atomic mass is 10.3. The number of rotatable bonds is 5. The van der Waals surface area contributed by atoms with Gasteiger partial charge in [-0.2, -0.15) is 0 Å². The second kappa shape index (κ2) is 6.99. The number of aryl methyl sites for hydroxylation is 1. The maximum atomic E-state index is 13.7. The minimum Gasteiger partial charge on any atom is -0.323 e. The Hall–Kier alpha value is -1.48. The van der Waals surface area contributed by atoms with Crippen LogP contribution < -0.4 is 5.32 Å². The maximum absolute atomic E-state index is 13.7. The summed E-state index contributed by atoms with van der Waals surface area (Å²) in [6.45, 7) is 4.23. The predicted octanol–water partition coefficient (Wildman–Crippen LogP) is 2.71. The van der Waals surface area contributed by atoms with Crippen LogP contribution in [0.5, 0.6) is 0 Å². The van der Waals surface area contributed by atoms with Gasteiger partial charge in [-0.1, -0.05) is 27.7 Å². The summed E-state index contributed by atoms with van der Waals surface area (Å²) in [5.74, 6) is -0.805. The molecule has 2 rings (SSSR count). The van der Waals surface area contributed by atoms with Crippen molar-refractivity contribution in [1.82, 2.24) is 20.2 Å². The average Bonchev–Trinajstić information content (AvgIpc) is 2.89. The summed E-state index contributed by atoms with van der Waals surface area (Å²) in [5, 5.41) is 13.9. The molecular formula is C12H13BrFN5OS. The summed E-state index contributed by atoms with van der Waals surface area (Å²) < 4.78 is 15.9. The fraction of sp³-hybridized carbons (Fsp3) is 0.333. The summed E-state index contributed by atoms with van der Waals surface area (Å²) in [6.07, 6.45) is 0. The highest BCUT2D eigenvalue weighted by atomic mass is 79.9. The van der Waals surface area contributed by atoms with Gasteiger partial charge in [-0.05, 0) is 42.5 Å². The van der Waals surface area contributed by atoms with E-state index in [0.29, 0.717) is 16.2 Å². The molecule has 0 aliphatic carbocycles. The van der Waals surface area contributed by atoms with Crippen molar-refractivity contribution in [3.8, 4) is 0 Å². The van der Waals surface area contributed by atoms with Crippen molar-refractivity contribution in [2.24, 2.45) is 0 Å². The lowest BCUT2D eigenvalue weighted by Gasteiger charge is -2.12. The van der Waals surface area contributed by atoms with Gasteiger partial charge in [-0.15, -0.1) is 5.10 Å². The summed E-state index contributed by atoms with van der Waals surface area (Å²) in [6, 6.07) is 4.46. The third kappa shape index (κ3) is 4.01. The number of anilines is 1. The number of nitrogens with zero attached hydrogens (tertiary/aromatic N) is 4. The Morgan fingerprint density at radius 1 is 1.57 bits per heavy atom. The average molecular weight is 374 g/mol. The summed E-state index contributed by atoms with van der Waals surface area (Å²) in [5.41, 5.74) is 0.144. The number of tetrazole rings is 1. The molecule has 0 fully saturated rings. The first-order chi connectivity index (χ1) is 10.0. The predicted molar refractivity (Wildman–Crippen MR) is 81.5 cm³/mol. The number of halogens is 2. The molecule has 0 radical (unpaired) electrons. The van der Waals surface area contributed by atoms with Crippen molar-refractivity contribution >= 4 is 39.3 Å². The third-order valence-electron chi connectivity index (χ3n) is 2.64. The Labute approximate surface area is 133 Å². The van der Waals surface area contributed by atoms with Crippen LogP contribution in [0.4, 0.5) is 10.1 Å². The number of aromatic nitrogens is 4. The van der Waals surface area contributed by atoms with Gasteiger partial charge in [0.05, 0.1) is 10.9 Å². The fourth-order valence-corrected chi connectivity index (χ4v) is 2.70. The van der Waals surface area contributed by atoms with Crippen LogP contribution in [0.15, 0.2) is 27.8 Å². The van der Waals surface area contributed by atoms with E-state index in [1.807, 2.05) is 6.92 Å². The first-order valence-electron chi connectivity index (χ1n) is 6.20. The van der Waals surface area contributed by atoms with Gasteiger partial charge in [-0.3, -0.25) is 4.79 Å². The number of benzene rings is 1. The first kappa shape index (κ1) is 15.9. The topological polar surface area (TPSA) is 72.7 Å². The first-order valence-corrected chi connectivity index (χ1v) is 7.87. The van der Waals surface area contributed by atoms with Gasteiger partial charge in [-0.25, -0.2) is 9.07 Å². The molecule has 1 N–H and O–H groups in total. The number of nitrogens with one attached hydrogen (secondary N) is 1. The Bertz CT molecular complexity index is 650. The van der Waals surface area contributed by atoms with Crippen LogP contribution in [-0.2, 0) is 11.3 Å². The van der Waals surface area contributed by atoms with E-state index in [1.54, 1.807) is 17.7 Å². The Kier molecular flexibility index (Phi) is 5.29. The molecular weight excluding hydrogens is 361 g/mol. The summed E-state index contributed by atoms with van der Waals surface area (Å²) >= 11 is 4.39. The van der Waals surface area contributed by atoms with E-state index < -0.39 is 11.1 Å². The van der Waals surface area contributed by atoms with E-state index in [1.165, 1.54) is 23.9 Å². The molecule has 1 aromatic heterocycles. The molecule has 1 heterocycles. The van der Waals surface area contributed by atoms with E-state index in [9.17, 15) is 9.18 Å². The molecule has 0 saturated carbocycles. The molecule has 0 bridgehead atoms. The largest absolute Gasteiger partial charge is 0.323 e. The third-order valence-corrected chi connectivity index (χ3v) is 4.20. The molecule has 112 valence electrons. The highest BCUT2D eigenvalue weighted by Gasteiger charge is 2.19. The molecule has 1 amide bonds. The van der Waals surface area contributed by atoms with Crippen LogP contribution in [0.1, 0.15) is 13.8 Å². The van der Waals surface area contributed by atoms with Crippen molar-refractivity contribution in [3.05, 3.63) is 28.5 Å². The minimum absolute atomic E-state index is 0.144. The molecule has 0 spiro atoms. The lowest BCUT2D eigenvalue weighted by Crippen LogP contribution is -2.23. The summed E-state index contributed by atoms with van der Waals surface area (Å²) in [4.78, 5) is 12.1.